The maximum atomic E-state index is 7.26. The fourth-order valence-electron chi connectivity index (χ4n) is 0. The molecule has 2 nitrogen and oxygen atoms in total. The molecule has 0 bridgehead atoms. The average molecular weight is 153 g/mol. The number of hydrogen-bond donors (Lipinski definition) is 0. The van der Waals surface area contributed by atoms with E-state index in [1.807, 2.05) is 0 Å². The molecule has 3 heteroatoms. The minimum atomic E-state index is 0. The minimum absolute atomic E-state index is 0. The van der Waals surface area contributed by atoms with E-state index in [0.29, 0.717) is 0 Å². The molecule has 0 saturated carbocycles. The second-order valence-corrected chi connectivity index (χ2v) is 0.224. The second-order valence-electron chi connectivity index (χ2n) is 0.224. The molecule has 0 amide bonds. The Morgan fingerprint density at radius 1 is 1.00 bits per heavy atom. The van der Waals surface area contributed by atoms with Gasteiger partial charge in [-0.25, -0.2) is 0 Å². The number of rotatable bonds is 0. The molecule has 0 radical (unpaired) electrons. The Balaban J connectivity index is 0. The van der Waals surface area contributed by atoms with E-state index in [0.717, 1.165) is 0 Å². The van der Waals surface area contributed by atoms with Gasteiger partial charge in [-0.05, 0) is 0 Å². The van der Waals surface area contributed by atoms with E-state index in [1.54, 1.807) is 0 Å². The van der Waals surface area contributed by atoms with E-state index in [9.17, 15) is 0 Å². The van der Waals surface area contributed by atoms with E-state index in [1.165, 1.54) is 12.1 Å². The maximum Gasteiger partial charge on any atom is 0.181 e. The Morgan fingerprint density at radius 2 is 1.20 bits per heavy atom. The minimum Gasteiger partial charge on any atom is -0.181 e. The van der Waals surface area contributed by atoms with Gasteiger partial charge in [-0.2, -0.15) is 10.5 Å². The summed E-state index contributed by atoms with van der Waals surface area (Å²) in [4.78, 5) is 0. The van der Waals surface area contributed by atoms with Gasteiger partial charge in [0.2, 0.25) is 0 Å². The molecule has 0 aliphatic carbocycles. The Kier molecular flexibility index (Phi) is 16.8. The zero-order valence-electron chi connectivity index (χ0n) is 2.25. The fourth-order valence-corrected chi connectivity index (χ4v) is 0. The van der Waals surface area contributed by atoms with Crippen molar-refractivity contribution in [3.63, 3.8) is 0 Å². The maximum absolute atomic E-state index is 7.26. The first kappa shape index (κ1) is 8.82. The summed E-state index contributed by atoms with van der Waals surface area (Å²) in [6, 6.07) is 2.47. The summed E-state index contributed by atoms with van der Waals surface area (Å²) in [7, 11) is 0. The van der Waals surface area contributed by atoms with Crippen LogP contribution in [0, 0.1) is 22.7 Å². The van der Waals surface area contributed by atoms with Crippen LogP contribution in [0.3, 0.4) is 0 Å². The molecule has 0 N–H and O–H groups in total. The summed E-state index contributed by atoms with van der Waals surface area (Å²) in [6.45, 7) is 0. The average Bonchev–Trinajstić information content (AvgIpc) is 1.37. The first-order chi connectivity index (χ1) is 1.91. The standard InChI is InChI=1S/C2N2.Ru/c3-1-2-4;. The van der Waals surface area contributed by atoms with E-state index >= 15 is 0 Å². The largest absolute Gasteiger partial charge is 0.181 e. The van der Waals surface area contributed by atoms with E-state index < -0.39 is 0 Å². The Bertz CT molecular complexity index is 62.6. The molecule has 0 atom stereocenters. The molecule has 0 aromatic heterocycles. The van der Waals surface area contributed by atoms with Gasteiger partial charge in [0, 0.05) is 19.5 Å². The van der Waals surface area contributed by atoms with Crippen LogP contribution in [0.4, 0.5) is 0 Å². The zero-order chi connectivity index (χ0) is 3.41. The second kappa shape index (κ2) is 9.50. The normalized spacial score (nSPS) is 2.00. The van der Waals surface area contributed by atoms with Crippen molar-refractivity contribution in [3.8, 4) is 12.1 Å². The molecule has 0 aromatic carbocycles. The monoisotopic (exact) mass is 154 g/mol. The molecular formula is C2N2Ru. The van der Waals surface area contributed by atoms with Crippen molar-refractivity contribution < 1.29 is 19.5 Å². The molecule has 0 saturated heterocycles. The third kappa shape index (κ3) is 25.4. The molecule has 0 aliphatic rings. The van der Waals surface area contributed by atoms with Gasteiger partial charge in [0.15, 0.2) is 12.1 Å². The zero-order valence-corrected chi connectivity index (χ0v) is 3.99. The quantitative estimate of drug-likeness (QED) is 0.461. The Hall–Kier alpha value is -0.397. The summed E-state index contributed by atoms with van der Waals surface area (Å²) in [5.74, 6) is 0. The van der Waals surface area contributed by atoms with Gasteiger partial charge >= 0.3 is 0 Å². The third-order valence-electron chi connectivity index (χ3n) is 0.0500. The van der Waals surface area contributed by atoms with Crippen molar-refractivity contribution in [2.24, 2.45) is 0 Å². The molecule has 0 rings (SSSR count). The van der Waals surface area contributed by atoms with Gasteiger partial charge in [-0.3, -0.25) is 0 Å². The van der Waals surface area contributed by atoms with Gasteiger partial charge in [0.25, 0.3) is 0 Å². The van der Waals surface area contributed by atoms with Gasteiger partial charge in [-0.15, -0.1) is 0 Å². The van der Waals surface area contributed by atoms with Gasteiger partial charge in [0.05, 0.1) is 0 Å². The van der Waals surface area contributed by atoms with Crippen LogP contribution in [0.25, 0.3) is 0 Å². The van der Waals surface area contributed by atoms with Gasteiger partial charge in [0.1, 0.15) is 0 Å². The van der Waals surface area contributed by atoms with E-state index in [2.05, 4.69) is 0 Å². The van der Waals surface area contributed by atoms with Crippen LogP contribution >= 0.6 is 0 Å². The van der Waals surface area contributed by atoms with Crippen molar-refractivity contribution in [2.75, 3.05) is 0 Å². The smallest absolute Gasteiger partial charge is 0.181 e. The fraction of sp³-hybridized carbons (Fsp3) is 0. The van der Waals surface area contributed by atoms with Crippen LogP contribution in [-0.2, 0) is 19.5 Å². The van der Waals surface area contributed by atoms with E-state index in [-0.39, 0.29) is 19.5 Å². The molecule has 26 valence electrons. The predicted molar refractivity (Wildman–Crippen MR) is 11.2 cm³/mol. The topological polar surface area (TPSA) is 47.6 Å². The number of nitriles is 2. The Labute approximate surface area is 42.8 Å². The molecule has 0 fully saturated rings. The van der Waals surface area contributed by atoms with Crippen LogP contribution in [0.2, 0.25) is 0 Å². The predicted octanol–water partition coefficient (Wildman–Crippen LogP) is 0.0311. The molecular weight excluding hydrogens is 153 g/mol. The SMILES string of the molecule is N#CC#N.[Ru]. The summed E-state index contributed by atoms with van der Waals surface area (Å²) in [6.07, 6.45) is 0. The number of hydrogen-bond acceptors (Lipinski definition) is 2. The molecule has 0 aromatic rings. The van der Waals surface area contributed by atoms with Gasteiger partial charge < -0.3 is 0 Å². The summed E-state index contributed by atoms with van der Waals surface area (Å²) >= 11 is 0. The van der Waals surface area contributed by atoms with Crippen LogP contribution in [0.15, 0.2) is 0 Å². The molecule has 0 spiro atoms. The van der Waals surface area contributed by atoms with Crippen molar-refractivity contribution in [1.29, 1.82) is 10.5 Å². The molecule has 0 unspecified atom stereocenters. The number of nitrogens with zero attached hydrogens (tertiary/aromatic N) is 2. The summed E-state index contributed by atoms with van der Waals surface area (Å²) in [5, 5.41) is 14.5. The van der Waals surface area contributed by atoms with Crippen LogP contribution in [0.1, 0.15) is 0 Å². The van der Waals surface area contributed by atoms with Crippen LogP contribution < -0.4 is 0 Å². The van der Waals surface area contributed by atoms with Crippen molar-refractivity contribution in [1.82, 2.24) is 0 Å². The van der Waals surface area contributed by atoms with Crippen molar-refractivity contribution in [2.45, 2.75) is 0 Å². The molecule has 0 heterocycles. The van der Waals surface area contributed by atoms with Crippen LogP contribution in [0.5, 0.6) is 0 Å². The van der Waals surface area contributed by atoms with Crippen molar-refractivity contribution >= 4 is 0 Å². The van der Waals surface area contributed by atoms with Crippen LogP contribution in [-0.4, -0.2) is 0 Å². The summed E-state index contributed by atoms with van der Waals surface area (Å²) in [5.41, 5.74) is 0. The van der Waals surface area contributed by atoms with Crippen molar-refractivity contribution in [3.05, 3.63) is 0 Å². The molecule has 5 heavy (non-hydrogen) atoms. The molecule has 0 aliphatic heterocycles. The first-order valence-electron chi connectivity index (χ1n) is 0.697. The third-order valence-corrected chi connectivity index (χ3v) is 0.0500. The Morgan fingerprint density at radius 3 is 1.20 bits per heavy atom. The van der Waals surface area contributed by atoms with Gasteiger partial charge in [-0.1, -0.05) is 0 Å². The summed E-state index contributed by atoms with van der Waals surface area (Å²) < 4.78 is 0. The first-order valence-corrected chi connectivity index (χ1v) is 0.697. The van der Waals surface area contributed by atoms with E-state index in [4.69, 9.17) is 10.5 Å².